The Morgan fingerprint density at radius 3 is 1.64 bits per heavy atom. The summed E-state index contributed by atoms with van der Waals surface area (Å²) in [5, 5.41) is 34.0. The van der Waals surface area contributed by atoms with Gasteiger partial charge in [0.05, 0.1) is 0 Å². The zero-order valence-corrected chi connectivity index (χ0v) is 13.2. The molecule has 0 radical (unpaired) electrons. The van der Waals surface area contributed by atoms with Gasteiger partial charge in [-0.2, -0.15) is 0 Å². The Balaban J connectivity index is 0.000000333. The Labute approximate surface area is 144 Å². The van der Waals surface area contributed by atoms with Crippen molar-refractivity contribution in [3.05, 3.63) is 71.8 Å². The third-order valence-corrected chi connectivity index (χ3v) is 3.08. The molecule has 1 unspecified atom stereocenters. The minimum absolute atomic E-state index is 0.111. The molecule has 2 aromatic rings. The zero-order chi connectivity index (χ0) is 18.8. The standard InChI is InChI=1S/C14H15NO2.C4H4O4/c15-14(11-3-7-13(17)8-4-11)9-10-1-5-12(16)6-2-10;5-3(6)1-2-4(7)8/h1-8,14,16-17H,9,15H2;1-2H,(H,5,6)(H,7,8). The van der Waals surface area contributed by atoms with E-state index in [1.165, 1.54) is 0 Å². The predicted molar refractivity (Wildman–Crippen MR) is 91.3 cm³/mol. The molecule has 2 rings (SSSR count). The van der Waals surface area contributed by atoms with Crippen molar-refractivity contribution in [2.75, 3.05) is 0 Å². The summed E-state index contributed by atoms with van der Waals surface area (Å²) >= 11 is 0. The molecule has 25 heavy (non-hydrogen) atoms. The maximum Gasteiger partial charge on any atom is 0.328 e. The number of carbonyl (C=O) groups is 2. The van der Waals surface area contributed by atoms with Crippen LogP contribution >= 0.6 is 0 Å². The summed E-state index contributed by atoms with van der Waals surface area (Å²) in [4.78, 5) is 19.1. The first-order valence-corrected chi connectivity index (χ1v) is 7.24. The van der Waals surface area contributed by atoms with E-state index in [0.29, 0.717) is 18.6 Å². The molecule has 6 N–H and O–H groups in total. The van der Waals surface area contributed by atoms with E-state index in [1.54, 1.807) is 24.3 Å². The van der Waals surface area contributed by atoms with Crippen LogP contribution in [0.4, 0.5) is 0 Å². The molecular formula is C18H19NO6. The summed E-state index contributed by atoms with van der Waals surface area (Å²) in [6.07, 6.45) is 1.82. The smallest absolute Gasteiger partial charge is 0.328 e. The van der Waals surface area contributed by atoms with Gasteiger partial charge in [-0.3, -0.25) is 0 Å². The number of benzene rings is 2. The van der Waals surface area contributed by atoms with Crippen molar-refractivity contribution in [1.82, 2.24) is 0 Å². The first-order chi connectivity index (χ1) is 11.8. The Morgan fingerprint density at radius 1 is 0.840 bits per heavy atom. The van der Waals surface area contributed by atoms with Gasteiger partial charge in [0.1, 0.15) is 11.5 Å². The van der Waals surface area contributed by atoms with Crippen LogP contribution in [0.15, 0.2) is 60.7 Å². The minimum atomic E-state index is -1.26. The zero-order valence-electron chi connectivity index (χ0n) is 13.2. The average Bonchev–Trinajstić information content (AvgIpc) is 2.56. The van der Waals surface area contributed by atoms with Crippen molar-refractivity contribution >= 4 is 11.9 Å². The summed E-state index contributed by atoms with van der Waals surface area (Å²) in [6.45, 7) is 0. The molecule has 0 bridgehead atoms. The molecule has 0 aromatic heterocycles. The lowest BCUT2D eigenvalue weighted by Crippen LogP contribution is -2.13. The fourth-order valence-electron chi connectivity index (χ4n) is 1.87. The van der Waals surface area contributed by atoms with Gasteiger partial charge in [-0.15, -0.1) is 0 Å². The molecule has 0 fully saturated rings. The van der Waals surface area contributed by atoms with E-state index in [2.05, 4.69) is 0 Å². The van der Waals surface area contributed by atoms with E-state index >= 15 is 0 Å². The molecule has 7 heteroatoms. The number of nitrogens with two attached hydrogens (primary N) is 1. The Bertz CT molecular complexity index is 706. The van der Waals surface area contributed by atoms with Crippen molar-refractivity contribution in [3.63, 3.8) is 0 Å². The monoisotopic (exact) mass is 345 g/mol. The van der Waals surface area contributed by atoms with E-state index in [-0.39, 0.29) is 17.5 Å². The van der Waals surface area contributed by atoms with Gasteiger partial charge in [0.25, 0.3) is 0 Å². The highest BCUT2D eigenvalue weighted by atomic mass is 16.4. The van der Waals surface area contributed by atoms with E-state index in [0.717, 1.165) is 11.1 Å². The number of phenols is 2. The highest BCUT2D eigenvalue weighted by molar-refractivity contribution is 5.89. The normalized spacial score (nSPS) is 11.4. The average molecular weight is 345 g/mol. The number of carboxylic acids is 2. The van der Waals surface area contributed by atoms with Crippen LogP contribution in [0.2, 0.25) is 0 Å². The number of rotatable bonds is 5. The van der Waals surface area contributed by atoms with E-state index in [1.807, 2.05) is 24.3 Å². The highest BCUT2D eigenvalue weighted by Gasteiger charge is 2.07. The van der Waals surface area contributed by atoms with E-state index in [9.17, 15) is 19.8 Å². The van der Waals surface area contributed by atoms with Gasteiger partial charge in [-0.25, -0.2) is 9.59 Å². The molecule has 0 aliphatic heterocycles. The number of carboxylic acid groups (broad SMARTS) is 2. The number of phenolic OH excluding ortho intramolecular Hbond substituents is 2. The van der Waals surface area contributed by atoms with Crippen LogP contribution < -0.4 is 5.73 Å². The number of aromatic hydroxyl groups is 2. The SMILES string of the molecule is NC(Cc1ccc(O)cc1)c1ccc(O)cc1.O=C(O)C=CC(=O)O. The Kier molecular flexibility index (Phi) is 7.68. The van der Waals surface area contributed by atoms with Crippen molar-refractivity contribution in [2.24, 2.45) is 5.73 Å². The second-order valence-corrected chi connectivity index (χ2v) is 5.08. The van der Waals surface area contributed by atoms with Gasteiger partial charge in [-0.1, -0.05) is 24.3 Å². The second kappa shape index (κ2) is 9.74. The van der Waals surface area contributed by atoms with Crippen molar-refractivity contribution in [3.8, 4) is 11.5 Å². The number of hydrogen-bond donors (Lipinski definition) is 5. The maximum absolute atomic E-state index is 9.55. The maximum atomic E-state index is 9.55. The lowest BCUT2D eigenvalue weighted by atomic mass is 10.00. The molecule has 0 spiro atoms. The third kappa shape index (κ3) is 8.19. The Hall–Kier alpha value is -3.32. The summed E-state index contributed by atoms with van der Waals surface area (Å²) in [6, 6.07) is 13.8. The van der Waals surface area contributed by atoms with Crippen LogP contribution in [-0.4, -0.2) is 32.4 Å². The molecular weight excluding hydrogens is 326 g/mol. The molecule has 0 heterocycles. The quantitative estimate of drug-likeness (QED) is 0.522. The Morgan fingerprint density at radius 2 is 1.24 bits per heavy atom. The van der Waals surface area contributed by atoms with Crippen LogP contribution in [0.25, 0.3) is 0 Å². The highest BCUT2D eigenvalue weighted by Crippen LogP contribution is 2.19. The van der Waals surface area contributed by atoms with Crippen molar-refractivity contribution in [1.29, 1.82) is 0 Å². The van der Waals surface area contributed by atoms with Crippen LogP contribution in [0.1, 0.15) is 17.2 Å². The first-order valence-electron chi connectivity index (χ1n) is 7.24. The molecule has 0 saturated heterocycles. The van der Waals surface area contributed by atoms with Crippen LogP contribution in [-0.2, 0) is 16.0 Å². The fraction of sp³-hybridized carbons (Fsp3) is 0.111. The second-order valence-electron chi connectivity index (χ2n) is 5.08. The number of aliphatic carboxylic acids is 2. The van der Waals surface area contributed by atoms with E-state index < -0.39 is 11.9 Å². The fourth-order valence-corrected chi connectivity index (χ4v) is 1.87. The topological polar surface area (TPSA) is 141 Å². The summed E-state index contributed by atoms with van der Waals surface area (Å²) < 4.78 is 0. The molecule has 1 atom stereocenters. The van der Waals surface area contributed by atoms with Gasteiger partial charge in [0.15, 0.2) is 0 Å². The largest absolute Gasteiger partial charge is 0.508 e. The third-order valence-electron chi connectivity index (χ3n) is 3.08. The summed E-state index contributed by atoms with van der Waals surface area (Å²) in [7, 11) is 0. The molecule has 0 aliphatic carbocycles. The molecule has 0 amide bonds. The lowest BCUT2D eigenvalue weighted by Gasteiger charge is -2.12. The molecule has 0 aliphatic rings. The summed E-state index contributed by atoms with van der Waals surface area (Å²) in [5.74, 6) is -2.02. The van der Waals surface area contributed by atoms with Crippen LogP contribution in [0, 0.1) is 0 Å². The van der Waals surface area contributed by atoms with Gasteiger partial charge in [0, 0.05) is 18.2 Å². The molecule has 0 saturated carbocycles. The van der Waals surface area contributed by atoms with Crippen molar-refractivity contribution in [2.45, 2.75) is 12.5 Å². The van der Waals surface area contributed by atoms with E-state index in [4.69, 9.17) is 15.9 Å². The van der Waals surface area contributed by atoms with Gasteiger partial charge >= 0.3 is 11.9 Å². The molecule has 2 aromatic carbocycles. The van der Waals surface area contributed by atoms with Crippen molar-refractivity contribution < 1.29 is 30.0 Å². The first kappa shape index (κ1) is 19.7. The summed E-state index contributed by atoms with van der Waals surface area (Å²) in [5.41, 5.74) is 8.13. The van der Waals surface area contributed by atoms with Crippen LogP contribution in [0.3, 0.4) is 0 Å². The van der Waals surface area contributed by atoms with Gasteiger partial charge in [-0.05, 0) is 41.8 Å². The lowest BCUT2D eigenvalue weighted by molar-refractivity contribution is -0.134. The number of hydrogen-bond acceptors (Lipinski definition) is 5. The predicted octanol–water partition coefficient (Wildman–Crippen LogP) is 2.05. The molecule has 132 valence electrons. The van der Waals surface area contributed by atoms with Gasteiger partial charge < -0.3 is 26.2 Å². The van der Waals surface area contributed by atoms with Crippen LogP contribution in [0.5, 0.6) is 11.5 Å². The minimum Gasteiger partial charge on any atom is -0.508 e. The molecule has 7 nitrogen and oxygen atoms in total. The van der Waals surface area contributed by atoms with Gasteiger partial charge in [0.2, 0.25) is 0 Å².